The van der Waals surface area contributed by atoms with Gasteiger partial charge >= 0.3 is 0 Å². The smallest absolute Gasteiger partial charge is 0.223 e. The summed E-state index contributed by atoms with van der Waals surface area (Å²) < 4.78 is 1.84. The van der Waals surface area contributed by atoms with E-state index in [2.05, 4.69) is 35.2 Å². The highest BCUT2D eigenvalue weighted by Crippen LogP contribution is 2.34. The molecular formula is C16H26N4O. The van der Waals surface area contributed by atoms with E-state index in [0.29, 0.717) is 17.9 Å². The van der Waals surface area contributed by atoms with Gasteiger partial charge in [-0.1, -0.05) is 0 Å². The van der Waals surface area contributed by atoms with Crippen LogP contribution in [0.15, 0.2) is 12.4 Å². The van der Waals surface area contributed by atoms with Gasteiger partial charge in [0.2, 0.25) is 5.91 Å². The molecule has 2 heterocycles. The van der Waals surface area contributed by atoms with Crippen molar-refractivity contribution in [3.8, 4) is 0 Å². The molecule has 0 aromatic carbocycles. The van der Waals surface area contributed by atoms with Gasteiger partial charge in [-0.15, -0.1) is 0 Å². The van der Waals surface area contributed by atoms with Crippen molar-refractivity contribution in [2.24, 2.45) is 13.0 Å². The van der Waals surface area contributed by atoms with Gasteiger partial charge in [0.1, 0.15) is 0 Å². The highest BCUT2D eigenvalue weighted by Gasteiger charge is 2.39. The Labute approximate surface area is 126 Å². The predicted octanol–water partition coefficient (Wildman–Crippen LogP) is 1.29. The molecule has 1 saturated heterocycles. The molecular weight excluding hydrogens is 264 g/mol. The molecule has 0 spiro atoms. The largest absolute Gasteiger partial charge is 0.338 e. The molecule has 0 bridgehead atoms. The van der Waals surface area contributed by atoms with Gasteiger partial charge in [-0.2, -0.15) is 5.10 Å². The minimum absolute atomic E-state index is 0.287. The van der Waals surface area contributed by atoms with Crippen molar-refractivity contribution < 1.29 is 4.79 Å². The second-order valence-electron chi connectivity index (χ2n) is 6.85. The van der Waals surface area contributed by atoms with Crippen LogP contribution < -0.4 is 0 Å². The average molecular weight is 290 g/mol. The van der Waals surface area contributed by atoms with Gasteiger partial charge in [-0.3, -0.25) is 9.48 Å². The summed E-state index contributed by atoms with van der Waals surface area (Å²) in [4.78, 5) is 17.0. The Morgan fingerprint density at radius 2 is 2.14 bits per heavy atom. The van der Waals surface area contributed by atoms with Crippen LogP contribution in [-0.4, -0.2) is 58.2 Å². The number of nitrogens with zero attached hydrogens (tertiary/aromatic N) is 4. The Morgan fingerprint density at radius 1 is 1.38 bits per heavy atom. The van der Waals surface area contributed by atoms with Crippen LogP contribution in [0.4, 0.5) is 0 Å². The van der Waals surface area contributed by atoms with Crippen LogP contribution in [0, 0.1) is 5.92 Å². The summed E-state index contributed by atoms with van der Waals surface area (Å²) >= 11 is 0. The molecule has 0 unspecified atom stereocenters. The average Bonchev–Trinajstić information content (AvgIpc) is 2.98. The second-order valence-corrected chi connectivity index (χ2v) is 6.85. The van der Waals surface area contributed by atoms with Crippen LogP contribution in [0.2, 0.25) is 0 Å². The summed E-state index contributed by atoms with van der Waals surface area (Å²) in [6.45, 7) is 0.902. The first-order chi connectivity index (χ1) is 10.0. The van der Waals surface area contributed by atoms with Gasteiger partial charge < -0.3 is 9.80 Å². The highest BCUT2D eigenvalue weighted by molar-refractivity contribution is 5.77. The molecule has 116 valence electrons. The van der Waals surface area contributed by atoms with Crippen LogP contribution in [0.25, 0.3) is 0 Å². The zero-order valence-electron chi connectivity index (χ0n) is 13.3. The van der Waals surface area contributed by atoms with Crippen LogP contribution in [0.1, 0.15) is 31.2 Å². The predicted molar refractivity (Wildman–Crippen MR) is 81.8 cm³/mol. The number of carbonyl (C=O) groups is 1. The number of amides is 1. The Hall–Kier alpha value is -1.36. The first kappa shape index (κ1) is 14.6. The summed E-state index contributed by atoms with van der Waals surface area (Å²) in [6.07, 6.45) is 9.21. The highest BCUT2D eigenvalue weighted by atomic mass is 16.2. The van der Waals surface area contributed by atoms with E-state index in [-0.39, 0.29) is 6.04 Å². The van der Waals surface area contributed by atoms with Gasteiger partial charge in [0.05, 0.1) is 12.2 Å². The normalized spacial score (nSPS) is 25.8. The minimum Gasteiger partial charge on any atom is -0.338 e. The van der Waals surface area contributed by atoms with Crippen molar-refractivity contribution in [1.82, 2.24) is 19.6 Å². The van der Waals surface area contributed by atoms with E-state index in [1.54, 1.807) is 0 Å². The number of rotatable bonds is 5. The zero-order chi connectivity index (χ0) is 15.0. The van der Waals surface area contributed by atoms with Crippen molar-refractivity contribution in [3.05, 3.63) is 18.0 Å². The van der Waals surface area contributed by atoms with Crippen molar-refractivity contribution >= 4 is 5.91 Å². The van der Waals surface area contributed by atoms with E-state index in [1.165, 1.54) is 18.4 Å². The molecule has 1 saturated carbocycles. The Balaban J connectivity index is 1.73. The minimum atomic E-state index is 0.287. The van der Waals surface area contributed by atoms with E-state index in [0.717, 1.165) is 25.8 Å². The van der Waals surface area contributed by atoms with E-state index < -0.39 is 0 Å². The third-order valence-electron chi connectivity index (χ3n) is 4.86. The maximum Gasteiger partial charge on any atom is 0.223 e. The first-order valence-corrected chi connectivity index (χ1v) is 7.98. The number of aryl methyl sites for hydroxylation is 1. The van der Waals surface area contributed by atoms with Crippen LogP contribution in [0.5, 0.6) is 0 Å². The zero-order valence-corrected chi connectivity index (χ0v) is 13.3. The lowest BCUT2D eigenvalue weighted by atomic mass is 10.0. The Kier molecular flexibility index (Phi) is 4.02. The van der Waals surface area contributed by atoms with Crippen LogP contribution in [0.3, 0.4) is 0 Å². The lowest BCUT2D eigenvalue weighted by Gasteiger charge is -2.31. The molecule has 1 aliphatic carbocycles. The molecule has 2 aliphatic rings. The molecule has 0 radical (unpaired) electrons. The lowest BCUT2D eigenvalue weighted by molar-refractivity contribution is -0.132. The number of likely N-dealkylation sites (tertiary alicyclic amines) is 1. The standard InChI is InChI=1S/C16H26N4O/c1-18(2)14-6-7-20(16(21)9-12-4-5-12)15(14)8-13-10-17-19(3)11-13/h10-12,14-15H,4-9H2,1-3H3/t14-,15+/m1/s1. The number of hydrogen-bond acceptors (Lipinski definition) is 3. The van der Waals surface area contributed by atoms with Crippen molar-refractivity contribution in [3.63, 3.8) is 0 Å². The molecule has 2 fully saturated rings. The van der Waals surface area contributed by atoms with Crippen molar-refractivity contribution in [2.45, 2.75) is 44.2 Å². The summed E-state index contributed by atoms with van der Waals surface area (Å²) in [6, 6.07) is 0.740. The van der Waals surface area contributed by atoms with Gasteiger partial charge in [0.15, 0.2) is 0 Å². The maximum absolute atomic E-state index is 12.6. The van der Waals surface area contributed by atoms with E-state index in [1.807, 2.05) is 17.9 Å². The topological polar surface area (TPSA) is 41.4 Å². The molecule has 1 amide bonds. The molecule has 1 aromatic heterocycles. The molecule has 1 aromatic rings. The van der Waals surface area contributed by atoms with E-state index in [4.69, 9.17) is 0 Å². The third-order valence-corrected chi connectivity index (χ3v) is 4.86. The fraction of sp³-hybridized carbons (Fsp3) is 0.750. The Morgan fingerprint density at radius 3 is 2.71 bits per heavy atom. The fourth-order valence-corrected chi connectivity index (χ4v) is 3.50. The number of hydrogen-bond donors (Lipinski definition) is 0. The lowest BCUT2D eigenvalue weighted by Crippen LogP contribution is -2.45. The molecule has 3 rings (SSSR count). The monoisotopic (exact) mass is 290 g/mol. The van der Waals surface area contributed by atoms with Crippen molar-refractivity contribution in [2.75, 3.05) is 20.6 Å². The van der Waals surface area contributed by atoms with E-state index in [9.17, 15) is 4.79 Å². The van der Waals surface area contributed by atoms with Gasteiger partial charge in [-0.05, 0) is 51.3 Å². The van der Waals surface area contributed by atoms with E-state index >= 15 is 0 Å². The summed E-state index contributed by atoms with van der Waals surface area (Å²) in [5, 5.41) is 4.26. The van der Waals surface area contributed by atoms with Gasteiger partial charge in [-0.25, -0.2) is 0 Å². The molecule has 2 atom stereocenters. The molecule has 0 N–H and O–H groups in total. The first-order valence-electron chi connectivity index (χ1n) is 7.98. The molecule has 5 heteroatoms. The summed E-state index contributed by atoms with van der Waals surface area (Å²) in [5.74, 6) is 1.02. The molecule has 21 heavy (non-hydrogen) atoms. The van der Waals surface area contributed by atoms with Crippen LogP contribution >= 0.6 is 0 Å². The fourth-order valence-electron chi connectivity index (χ4n) is 3.50. The van der Waals surface area contributed by atoms with Gasteiger partial charge in [0, 0.05) is 32.3 Å². The van der Waals surface area contributed by atoms with Crippen molar-refractivity contribution in [1.29, 1.82) is 0 Å². The van der Waals surface area contributed by atoms with Gasteiger partial charge in [0.25, 0.3) is 0 Å². The second kappa shape index (κ2) is 5.79. The third kappa shape index (κ3) is 3.28. The number of carbonyl (C=O) groups excluding carboxylic acids is 1. The van der Waals surface area contributed by atoms with Crippen LogP contribution in [-0.2, 0) is 18.3 Å². The SMILES string of the molecule is CN(C)[C@@H]1CCN(C(=O)CC2CC2)[C@H]1Cc1cnn(C)c1. The summed E-state index contributed by atoms with van der Waals surface area (Å²) in [5.41, 5.74) is 1.22. The Bertz CT molecular complexity index is 506. The summed E-state index contributed by atoms with van der Waals surface area (Å²) in [7, 11) is 6.18. The maximum atomic E-state index is 12.6. The molecule has 5 nitrogen and oxygen atoms in total. The number of likely N-dealkylation sites (N-methyl/N-ethyl adjacent to an activating group) is 1. The number of aromatic nitrogens is 2. The quantitative estimate of drug-likeness (QED) is 0.820. The molecule has 1 aliphatic heterocycles.